The van der Waals surface area contributed by atoms with Gasteiger partial charge in [-0.1, -0.05) is 6.92 Å². The highest BCUT2D eigenvalue weighted by atomic mass is 15.3. The molecule has 2 aliphatic heterocycles. The van der Waals surface area contributed by atoms with Crippen LogP contribution in [0.25, 0.3) is 0 Å². The zero-order chi connectivity index (χ0) is 14.9. The molecule has 0 radical (unpaired) electrons. The van der Waals surface area contributed by atoms with E-state index < -0.39 is 0 Å². The first kappa shape index (κ1) is 15.0. The molecule has 21 heavy (non-hydrogen) atoms. The van der Waals surface area contributed by atoms with Gasteiger partial charge in [0.1, 0.15) is 0 Å². The molecule has 3 rings (SSSR count). The van der Waals surface area contributed by atoms with E-state index in [1.165, 1.54) is 62.4 Å². The van der Waals surface area contributed by atoms with Crippen LogP contribution in [0.1, 0.15) is 49.6 Å². The standard InChI is InChI=1S/C17H30N4/c1-4-10-21-15(3)16(14(2)19-21)12-20-11-7-17(13-20)5-8-18-9-6-17/h18H,4-13H2,1-3H3. The van der Waals surface area contributed by atoms with Crippen LogP contribution in [0.15, 0.2) is 0 Å². The van der Waals surface area contributed by atoms with Crippen molar-refractivity contribution in [3.63, 3.8) is 0 Å². The Kier molecular flexibility index (Phi) is 4.36. The maximum Gasteiger partial charge on any atom is 0.0641 e. The molecule has 0 aromatic carbocycles. The third kappa shape index (κ3) is 3.02. The van der Waals surface area contributed by atoms with E-state index in [9.17, 15) is 0 Å². The summed E-state index contributed by atoms with van der Waals surface area (Å²) in [4.78, 5) is 2.67. The van der Waals surface area contributed by atoms with Crippen LogP contribution in [0.3, 0.4) is 0 Å². The molecule has 0 amide bonds. The van der Waals surface area contributed by atoms with Crippen LogP contribution < -0.4 is 5.32 Å². The van der Waals surface area contributed by atoms with Gasteiger partial charge in [0.25, 0.3) is 0 Å². The number of hydrogen-bond donors (Lipinski definition) is 1. The van der Waals surface area contributed by atoms with Gasteiger partial charge in [-0.25, -0.2) is 0 Å². The van der Waals surface area contributed by atoms with Gasteiger partial charge in [0.05, 0.1) is 5.69 Å². The molecule has 2 aliphatic rings. The molecule has 3 heterocycles. The Balaban J connectivity index is 1.67. The first-order chi connectivity index (χ1) is 10.1. The van der Waals surface area contributed by atoms with Crippen LogP contribution in [-0.4, -0.2) is 40.9 Å². The topological polar surface area (TPSA) is 33.1 Å². The Morgan fingerprint density at radius 1 is 1.19 bits per heavy atom. The number of aryl methyl sites for hydroxylation is 2. The van der Waals surface area contributed by atoms with Gasteiger partial charge in [-0.05, 0) is 64.6 Å². The van der Waals surface area contributed by atoms with Crippen LogP contribution >= 0.6 is 0 Å². The Morgan fingerprint density at radius 3 is 2.67 bits per heavy atom. The molecule has 0 bridgehead atoms. The normalized spacial score (nSPS) is 22.2. The van der Waals surface area contributed by atoms with Crippen molar-refractivity contribution in [3.8, 4) is 0 Å². The quantitative estimate of drug-likeness (QED) is 0.925. The van der Waals surface area contributed by atoms with Gasteiger partial charge < -0.3 is 5.32 Å². The van der Waals surface area contributed by atoms with Crippen molar-refractivity contribution >= 4 is 0 Å². The summed E-state index contributed by atoms with van der Waals surface area (Å²) >= 11 is 0. The number of aromatic nitrogens is 2. The van der Waals surface area contributed by atoms with E-state index in [0.29, 0.717) is 5.41 Å². The summed E-state index contributed by atoms with van der Waals surface area (Å²) in [5.41, 5.74) is 4.68. The summed E-state index contributed by atoms with van der Waals surface area (Å²) in [7, 11) is 0. The number of nitrogens with zero attached hydrogens (tertiary/aromatic N) is 3. The number of rotatable bonds is 4. The predicted octanol–water partition coefficient (Wildman–Crippen LogP) is 2.49. The first-order valence-electron chi connectivity index (χ1n) is 8.59. The van der Waals surface area contributed by atoms with Gasteiger partial charge in [0, 0.05) is 30.9 Å². The minimum Gasteiger partial charge on any atom is -0.317 e. The van der Waals surface area contributed by atoms with Crippen LogP contribution in [-0.2, 0) is 13.1 Å². The molecular weight excluding hydrogens is 260 g/mol. The van der Waals surface area contributed by atoms with Gasteiger partial charge in [0.2, 0.25) is 0 Å². The van der Waals surface area contributed by atoms with Crippen LogP contribution in [0.2, 0.25) is 0 Å². The molecule has 0 unspecified atom stereocenters. The van der Waals surface area contributed by atoms with E-state index in [1.807, 2.05) is 0 Å². The third-order valence-electron chi connectivity index (χ3n) is 5.53. The van der Waals surface area contributed by atoms with Gasteiger partial charge in [-0.15, -0.1) is 0 Å². The number of hydrogen-bond acceptors (Lipinski definition) is 3. The van der Waals surface area contributed by atoms with Crippen LogP contribution in [0.4, 0.5) is 0 Å². The molecule has 1 aromatic rings. The molecule has 2 fully saturated rings. The second-order valence-corrected chi connectivity index (χ2v) is 7.08. The van der Waals surface area contributed by atoms with E-state index in [-0.39, 0.29) is 0 Å². The maximum absolute atomic E-state index is 4.73. The highest BCUT2D eigenvalue weighted by Gasteiger charge is 2.38. The smallest absolute Gasteiger partial charge is 0.0641 e. The predicted molar refractivity (Wildman–Crippen MR) is 86.4 cm³/mol. The minimum absolute atomic E-state index is 0.604. The molecule has 1 N–H and O–H groups in total. The van der Waals surface area contributed by atoms with E-state index in [0.717, 1.165) is 19.5 Å². The molecule has 0 atom stereocenters. The zero-order valence-corrected chi connectivity index (χ0v) is 13.9. The summed E-state index contributed by atoms with van der Waals surface area (Å²) in [6, 6.07) is 0. The van der Waals surface area contributed by atoms with E-state index >= 15 is 0 Å². The van der Waals surface area contributed by atoms with Crippen molar-refractivity contribution in [3.05, 3.63) is 17.0 Å². The molecule has 1 aromatic heterocycles. The molecule has 4 nitrogen and oxygen atoms in total. The fraction of sp³-hybridized carbons (Fsp3) is 0.824. The summed E-state index contributed by atoms with van der Waals surface area (Å²) in [6.45, 7) is 13.7. The molecule has 0 aliphatic carbocycles. The van der Waals surface area contributed by atoms with Gasteiger partial charge in [-0.2, -0.15) is 5.10 Å². The Hall–Kier alpha value is -0.870. The van der Waals surface area contributed by atoms with E-state index in [4.69, 9.17) is 5.10 Å². The number of piperidine rings is 1. The van der Waals surface area contributed by atoms with E-state index in [2.05, 4.69) is 35.7 Å². The number of nitrogens with one attached hydrogen (secondary N) is 1. The molecule has 118 valence electrons. The summed E-state index contributed by atoms with van der Waals surface area (Å²) in [5.74, 6) is 0. The maximum atomic E-state index is 4.73. The summed E-state index contributed by atoms with van der Waals surface area (Å²) < 4.78 is 2.20. The molecule has 0 saturated carbocycles. The zero-order valence-electron chi connectivity index (χ0n) is 13.9. The largest absolute Gasteiger partial charge is 0.317 e. The minimum atomic E-state index is 0.604. The third-order valence-corrected chi connectivity index (χ3v) is 5.53. The second kappa shape index (κ2) is 6.09. The molecular formula is C17H30N4. The lowest BCUT2D eigenvalue weighted by atomic mass is 9.78. The van der Waals surface area contributed by atoms with Crippen molar-refractivity contribution in [2.45, 2.75) is 59.5 Å². The lowest BCUT2D eigenvalue weighted by molar-refractivity contribution is 0.193. The Labute approximate surface area is 128 Å². The highest BCUT2D eigenvalue weighted by molar-refractivity contribution is 5.24. The monoisotopic (exact) mass is 290 g/mol. The lowest BCUT2D eigenvalue weighted by Crippen LogP contribution is -2.38. The van der Waals surface area contributed by atoms with Gasteiger partial charge >= 0.3 is 0 Å². The Morgan fingerprint density at radius 2 is 1.95 bits per heavy atom. The lowest BCUT2D eigenvalue weighted by Gasteiger charge is -2.34. The first-order valence-corrected chi connectivity index (χ1v) is 8.59. The summed E-state index contributed by atoms with van der Waals surface area (Å²) in [6.07, 6.45) is 5.25. The van der Waals surface area contributed by atoms with Crippen LogP contribution in [0, 0.1) is 19.3 Å². The fourth-order valence-corrected chi connectivity index (χ4v) is 4.14. The summed E-state index contributed by atoms with van der Waals surface area (Å²) in [5, 5.41) is 8.23. The molecule has 1 spiro atoms. The van der Waals surface area contributed by atoms with Crippen molar-refractivity contribution in [1.29, 1.82) is 0 Å². The van der Waals surface area contributed by atoms with Crippen molar-refractivity contribution in [2.75, 3.05) is 26.2 Å². The van der Waals surface area contributed by atoms with Crippen molar-refractivity contribution in [2.24, 2.45) is 5.41 Å². The fourth-order valence-electron chi connectivity index (χ4n) is 4.14. The SMILES string of the molecule is CCCn1nc(C)c(CN2CCC3(CCNCC3)C2)c1C. The molecule has 4 heteroatoms. The molecule has 2 saturated heterocycles. The van der Waals surface area contributed by atoms with E-state index in [1.54, 1.807) is 0 Å². The van der Waals surface area contributed by atoms with Crippen molar-refractivity contribution in [1.82, 2.24) is 20.0 Å². The van der Waals surface area contributed by atoms with Crippen LogP contribution in [0.5, 0.6) is 0 Å². The van der Waals surface area contributed by atoms with Gasteiger partial charge in [-0.3, -0.25) is 9.58 Å². The average Bonchev–Trinajstić information content (AvgIpc) is 2.97. The van der Waals surface area contributed by atoms with Crippen molar-refractivity contribution < 1.29 is 0 Å². The number of likely N-dealkylation sites (tertiary alicyclic amines) is 1. The van der Waals surface area contributed by atoms with Gasteiger partial charge in [0.15, 0.2) is 0 Å². The average molecular weight is 290 g/mol. The Bertz CT molecular complexity index is 485. The highest BCUT2D eigenvalue weighted by Crippen LogP contribution is 2.39. The second-order valence-electron chi connectivity index (χ2n) is 7.08.